The molecule has 0 unspecified atom stereocenters. The summed E-state index contributed by atoms with van der Waals surface area (Å²) in [7, 11) is 0. The Balaban J connectivity index is 2.11. The fourth-order valence-electron chi connectivity index (χ4n) is 2.25. The van der Waals surface area contributed by atoms with Gasteiger partial charge in [0.2, 0.25) is 0 Å². The molecule has 0 aliphatic rings. The number of aryl methyl sites for hydroxylation is 1. The number of aromatic nitrogens is 4. The van der Waals surface area contributed by atoms with Gasteiger partial charge in [-0.25, -0.2) is 4.68 Å². The molecule has 0 radical (unpaired) electrons. The van der Waals surface area contributed by atoms with Gasteiger partial charge in [-0.1, -0.05) is 41.4 Å². The van der Waals surface area contributed by atoms with E-state index in [9.17, 15) is 4.79 Å². The Hall–Kier alpha value is -1.85. The maximum Gasteiger partial charge on any atom is 0.287 e. The molecule has 0 saturated carbocycles. The van der Waals surface area contributed by atoms with Crippen LogP contribution in [0.3, 0.4) is 0 Å². The molecule has 2 aromatic heterocycles. The quantitative estimate of drug-likeness (QED) is 0.745. The first kappa shape index (κ1) is 14.1. The zero-order valence-electron chi connectivity index (χ0n) is 11.3. The highest BCUT2D eigenvalue weighted by Crippen LogP contribution is 2.19. The normalized spacial score (nSPS) is 11.2. The van der Waals surface area contributed by atoms with E-state index in [0.29, 0.717) is 0 Å². The van der Waals surface area contributed by atoms with Crippen molar-refractivity contribution in [2.24, 2.45) is 0 Å². The molecule has 0 aliphatic carbocycles. The molecule has 5 nitrogen and oxygen atoms in total. The highest BCUT2D eigenvalue weighted by molar-refractivity contribution is 6.41. The molecule has 3 aromatic rings. The summed E-state index contributed by atoms with van der Waals surface area (Å²) in [5, 5.41) is 9.68. The number of halogens is 2. The molecule has 0 amide bonds. The molecule has 0 saturated heterocycles. The van der Waals surface area contributed by atoms with Crippen molar-refractivity contribution in [3.8, 4) is 0 Å². The van der Waals surface area contributed by atoms with Crippen molar-refractivity contribution in [2.45, 2.75) is 20.0 Å². The lowest BCUT2D eigenvalue weighted by molar-refractivity contribution is 0.603. The van der Waals surface area contributed by atoms with Crippen LogP contribution in [0.25, 0.3) is 10.9 Å². The summed E-state index contributed by atoms with van der Waals surface area (Å²) in [6.45, 7) is 3.03. The topological polar surface area (TPSA) is 52.7 Å². The Morgan fingerprint density at radius 2 is 1.95 bits per heavy atom. The van der Waals surface area contributed by atoms with Crippen molar-refractivity contribution >= 4 is 34.1 Å². The Morgan fingerprint density at radius 1 is 1.19 bits per heavy atom. The molecule has 3 rings (SSSR count). The Bertz CT molecular complexity index is 869. The number of benzene rings is 1. The largest absolute Gasteiger partial charge is 0.287 e. The van der Waals surface area contributed by atoms with Crippen LogP contribution in [0.1, 0.15) is 12.6 Å². The van der Waals surface area contributed by atoms with Crippen LogP contribution in [0.4, 0.5) is 0 Å². The predicted molar refractivity (Wildman–Crippen MR) is 83.0 cm³/mol. The lowest BCUT2D eigenvalue weighted by Crippen LogP contribution is -2.24. The third-order valence-electron chi connectivity index (χ3n) is 3.28. The van der Waals surface area contributed by atoms with Crippen molar-refractivity contribution in [1.29, 1.82) is 0 Å². The number of fused-ring (bicyclic) bond motifs is 1. The van der Waals surface area contributed by atoms with Gasteiger partial charge in [0.05, 0.1) is 29.0 Å². The van der Waals surface area contributed by atoms with E-state index in [1.54, 1.807) is 0 Å². The van der Waals surface area contributed by atoms with Gasteiger partial charge in [-0.2, -0.15) is 10.2 Å². The molecular formula is C14H12Cl2N4O. The van der Waals surface area contributed by atoms with Gasteiger partial charge in [0.15, 0.2) is 0 Å². The van der Waals surface area contributed by atoms with Crippen LogP contribution >= 0.6 is 23.2 Å². The molecular weight excluding hydrogens is 311 g/mol. The number of hydrogen-bond donors (Lipinski definition) is 0. The summed E-state index contributed by atoms with van der Waals surface area (Å²) in [6, 6.07) is 7.88. The van der Waals surface area contributed by atoms with Crippen LogP contribution < -0.4 is 5.56 Å². The molecule has 0 fully saturated rings. The fourth-order valence-corrected chi connectivity index (χ4v) is 2.52. The summed E-state index contributed by atoms with van der Waals surface area (Å²) >= 11 is 11.7. The van der Waals surface area contributed by atoms with Crippen molar-refractivity contribution < 1.29 is 0 Å². The minimum absolute atomic E-state index is 0.0223. The second-order valence-electron chi connectivity index (χ2n) is 4.55. The highest BCUT2D eigenvalue weighted by atomic mass is 35.5. The Kier molecular flexibility index (Phi) is 3.69. The third-order valence-corrected chi connectivity index (χ3v) is 4.02. The van der Waals surface area contributed by atoms with E-state index in [1.807, 2.05) is 35.9 Å². The van der Waals surface area contributed by atoms with Crippen LogP contribution in [0.2, 0.25) is 10.0 Å². The van der Waals surface area contributed by atoms with Gasteiger partial charge >= 0.3 is 0 Å². The van der Waals surface area contributed by atoms with Gasteiger partial charge < -0.3 is 0 Å². The molecule has 108 valence electrons. The zero-order chi connectivity index (χ0) is 15.0. The number of hydrogen-bond acceptors (Lipinski definition) is 3. The number of rotatable bonds is 3. The lowest BCUT2D eigenvalue weighted by Gasteiger charge is -2.03. The first-order valence-electron chi connectivity index (χ1n) is 6.47. The average Bonchev–Trinajstić information content (AvgIpc) is 2.86. The van der Waals surface area contributed by atoms with E-state index in [2.05, 4.69) is 10.2 Å². The van der Waals surface area contributed by atoms with E-state index in [1.165, 1.54) is 10.9 Å². The van der Waals surface area contributed by atoms with Crippen molar-refractivity contribution in [2.75, 3.05) is 0 Å². The second-order valence-corrected chi connectivity index (χ2v) is 5.33. The van der Waals surface area contributed by atoms with Crippen LogP contribution in [-0.2, 0) is 13.1 Å². The van der Waals surface area contributed by atoms with Crippen LogP contribution in [0.15, 0.2) is 35.3 Å². The van der Waals surface area contributed by atoms with Crippen LogP contribution in [-0.4, -0.2) is 19.6 Å². The minimum atomic E-state index is -0.417. The van der Waals surface area contributed by atoms with E-state index in [0.717, 1.165) is 23.1 Å². The molecule has 0 bridgehead atoms. The summed E-state index contributed by atoms with van der Waals surface area (Å²) < 4.78 is 3.16. The van der Waals surface area contributed by atoms with Crippen molar-refractivity contribution in [3.05, 3.63) is 56.6 Å². The summed E-state index contributed by atoms with van der Waals surface area (Å²) in [5.41, 5.74) is 1.39. The van der Waals surface area contributed by atoms with E-state index in [-0.39, 0.29) is 16.6 Å². The Labute approximate surface area is 130 Å². The maximum absolute atomic E-state index is 12.1. The summed E-state index contributed by atoms with van der Waals surface area (Å²) in [6.07, 6.45) is 1.37. The van der Waals surface area contributed by atoms with Crippen molar-refractivity contribution in [1.82, 2.24) is 19.6 Å². The van der Waals surface area contributed by atoms with Gasteiger partial charge in [0.1, 0.15) is 5.02 Å². The average molecular weight is 323 g/mol. The van der Waals surface area contributed by atoms with Crippen molar-refractivity contribution in [3.63, 3.8) is 0 Å². The van der Waals surface area contributed by atoms with Gasteiger partial charge in [0, 0.05) is 11.9 Å². The summed E-state index contributed by atoms with van der Waals surface area (Å²) in [4.78, 5) is 12.1. The summed E-state index contributed by atoms with van der Waals surface area (Å²) in [5.74, 6) is 0. The van der Waals surface area contributed by atoms with E-state index < -0.39 is 5.56 Å². The smallest absolute Gasteiger partial charge is 0.266 e. The third kappa shape index (κ3) is 2.43. The standard InChI is InChI=1S/C14H12Cl2N4O/c1-2-19-12-6-4-3-5-9(12)11(18-19)8-20-14(21)13(16)10(15)7-17-20/h3-7H,2,8H2,1H3. The van der Waals surface area contributed by atoms with Gasteiger partial charge in [-0.3, -0.25) is 9.48 Å². The number of nitrogens with zero attached hydrogens (tertiary/aromatic N) is 4. The van der Waals surface area contributed by atoms with Crippen LogP contribution in [0.5, 0.6) is 0 Å². The first-order valence-corrected chi connectivity index (χ1v) is 7.23. The molecule has 0 aliphatic heterocycles. The minimum Gasteiger partial charge on any atom is -0.266 e. The molecule has 1 aromatic carbocycles. The maximum atomic E-state index is 12.1. The highest BCUT2D eigenvalue weighted by Gasteiger charge is 2.13. The molecule has 0 N–H and O–H groups in total. The SMILES string of the molecule is CCn1nc(Cn2ncc(Cl)c(Cl)c2=O)c2ccccc21. The predicted octanol–water partition coefficient (Wildman–Crippen LogP) is 2.97. The second kappa shape index (κ2) is 5.50. The van der Waals surface area contributed by atoms with Crippen LogP contribution in [0, 0.1) is 0 Å². The molecule has 0 atom stereocenters. The monoisotopic (exact) mass is 322 g/mol. The molecule has 0 spiro atoms. The Morgan fingerprint density at radius 3 is 2.71 bits per heavy atom. The van der Waals surface area contributed by atoms with E-state index >= 15 is 0 Å². The van der Waals surface area contributed by atoms with Gasteiger partial charge in [-0.15, -0.1) is 0 Å². The number of para-hydroxylation sites is 1. The first-order chi connectivity index (χ1) is 10.1. The molecule has 21 heavy (non-hydrogen) atoms. The van der Waals surface area contributed by atoms with E-state index in [4.69, 9.17) is 23.2 Å². The zero-order valence-corrected chi connectivity index (χ0v) is 12.8. The fraction of sp³-hybridized carbons (Fsp3) is 0.214. The lowest BCUT2D eigenvalue weighted by atomic mass is 10.2. The molecule has 7 heteroatoms. The molecule has 2 heterocycles. The van der Waals surface area contributed by atoms with Gasteiger partial charge in [-0.05, 0) is 13.0 Å². The van der Waals surface area contributed by atoms with Gasteiger partial charge in [0.25, 0.3) is 5.56 Å².